The second-order valence-electron chi connectivity index (χ2n) is 6.27. The summed E-state index contributed by atoms with van der Waals surface area (Å²) in [4.78, 5) is 12.2. The lowest BCUT2D eigenvalue weighted by Gasteiger charge is -2.14. The highest BCUT2D eigenvalue weighted by molar-refractivity contribution is 6.32. The third-order valence-corrected chi connectivity index (χ3v) is 4.44. The van der Waals surface area contributed by atoms with E-state index in [1.807, 2.05) is 0 Å². The Morgan fingerprint density at radius 3 is 2.67 bits per heavy atom. The average Bonchev–Trinajstić information content (AvgIpc) is 3.11. The second kappa shape index (κ2) is 6.51. The molecule has 1 aliphatic rings. The molecule has 1 fully saturated rings. The van der Waals surface area contributed by atoms with Gasteiger partial charge in [-0.05, 0) is 32.8 Å². The predicted molar refractivity (Wildman–Crippen MR) is 87.9 cm³/mol. The molecule has 7 heteroatoms. The van der Waals surface area contributed by atoms with Crippen LogP contribution in [0.3, 0.4) is 0 Å². The maximum atomic E-state index is 14.3. The molecule has 1 aliphatic carbocycles. The summed E-state index contributed by atoms with van der Waals surface area (Å²) in [6.07, 6.45) is 3.53. The number of halogens is 2. The molecule has 0 radical (unpaired) electrons. The molecule has 0 bridgehead atoms. The van der Waals surface area contributed by atoms with Gasteiger partial charge < -0.3 is 14.3 Å². The Morgan fingerprint density at radius 1 is 1.38 bits per heavy atom. The van der Waals surface area contributed by atoms with E-state index in [0.29, 0.717) is 0 Å². The molecular formula is C17H19ClFNO4. The van der Waals surface area contributed by atoms with Gasteiger partial charge in [0.2, 0.25) is 5.88 Å². The van der Waals surface area contributed by atoms with E-state index < -0.39 is 11.6 Å². The molecule has 0 aliphatic heterocycles. The molecule has 0 amide bonds. The molecule has 0 saturated heterocycles. The number of benzene rings is 1. The van der Waals surface area contributed by atoms with Crippen LogP contribution < -0.4 is 10.5 Å². The molecule has 1 aromatic heterocycles. The Kier molecular flexibility index (Phi) is 4.58. The quantitative estimate of drug-likeness (QED) is 0.884. The first-order chi connectivity index (χ1) is 11.4. The van der Waals surface area contributed by atoms with Gasteiger partial charge in [0.15, 0.2) is 5.76 Å². The summed E-state index contributed by atoms with van der Waals surface area (Å²) in [5.74, 6) is -1.49. The first kappa shape index (κ1) is 16.9. The zero-order valence-electron chi connectivity index (χ0n) is 13.5. The van der Waals surface area contributed by atoms with Crippen molar-refractivity contribution in [1.29, 1.82) is 0 Å². The van der Waals surface area contributed by atoms with Crippen molar-refractivity contribution in [3.05, 3.63) is 39.3 Å². The molecule has 3 rings (SSSR count). The summed E-state index contributed by atoms with van der Waals surface area (Å²) in [6.45, 7) is 3.61. The topological polar surface area (TPSA) is 64.6 Å². The molecule has 1 aromatic carbocycles. The zero-order chi connectivity index (χ0) is 17.4. The fourth-order valence-electron chi connectivity index (χ4n) is 3.08. The van der Waals surface area contributed by atoms with E-state index in [-0.39, 0.29) is 40.1 Å². The molecule has 130 valence electrons. The highest BCUT2D eigenvalue weighted by atomic mass is 35.5. The minimum atomic E-state index is -0.828. The number of hydrogen-bond acceptors (Lipinski definition) is 4. The van der Waals surface area contributed by atoms with Gasteiger partial charge in [0.1, 0.15) is 11.6 Å². The molecular weight excluding hydrogens is 337 g/mol. The van der Waals surface area contributed by atoms with Gasteiger partial charge in [0, 0.05) is 12.0 Å². The summed E-state index contributed by atoms with van der Waals surface area (Å²) >= 11 is 5.98. The van der Waals surface area contributed by atoms with E-state index in [9.17, 15) is 14.3 Å². The van der Waals surface area contributed by atoms with E-state index >= 15 is 0 Å². The normalized spacial score (nSPS) is 15.4. The lowest BCUT2D eigenvalue weighted by Crippen LogP contribution is -2.14. The van der Waals surface area contributed by atoms with Crippen molar-refractivity contribution in [3.63, 3.8) is 0 Å². The molecule has 5 nitrogen and oxygen atoms in total. The number of aromatic nitrogens is 1. The van der Waals surface area contributed by atoms with Gasteiger partial charge >= 0.3 is 5.76 Å². The Balaban J connectivity index is 2.10. The van der Waals surface area contributed by atoms with Gasteiger partial charge in [-0.25, -0.2) is 13.8 Å². The predicted octanol–water partition coefficient (Wildman–Crippen LogP) is 4.37. The van der Waals surface area contributed by atoms with E-state index in [4.69, 9.17) is 20.8 Å². The number of nitrogens with zero attached hydrogens (tertiary/aromatic N) is 1. The molecule has 1 saturated carbocycles. The average molecular weight is 356 g/mol. The first-order valence-corrected chi connectivity index (χ1v) is 8.37. The van der Waals surface area contributed by atoms with Crippen LogP contribution in [-0.4, -0.2) is 15.8 Å². The fourth-order valence-corrected chi connectivity index (χ4v) is 3.28. The maximum Gasteiger partial charge on any atom is 0.426 e. The zero-order valence-corrected chi connectivity index (χ0v) is 14.3. The van der Waals surface area contributed by atoms with Crippen LogP contribution in [0.15, 0.2) is 21.3 Å². The van der Waals surface area contributed by atoms with Crippen LogP contribution in [0.1, 0.15) is 51.2 Å². The van der Waals surface area contributed by atoms with Crippen molar-refractivity contribution in [2.45, 2.75) is 51.6 Å². The van der Waals surface area contributed by atoms with E-state index in [1.165, 1.54) is 6.07 Å². The van der Waals surface area contributed by atoms with Gasteiger partial charge in [-0.1, -0.05) is 24.4 Å². The van der Waals surface area contributed by atoms with E-state index in [0.717, 1.165) is 36.3 Å². The smallest absolute Gasteiger partial charge is 0.426 e. The SMILES string of the molecule is CC(C)Oc1cc(-n2c(O)c(C3CCCC3)oc2=O)c(F)cc1Cl. The van der Waals surface area contributed by atoms with Gasteiger partial charge in [-0.3, -0.25) is 0 Å². The summed E-state index contributed by atoms with van der Waals surface area (Å²) in [6, 6.07) is 2.36. The van der Waals surface area contributed by atoms with Crippen LogP contribution in [0.5, 0.6) is 11.6 Å². The van der Waals surface area contributed by atoms with Gasteiger partial charge in [0.25, 0.3) is 0 Å². The van der Waals surface area contributed by atoms with Crippen molar-refractivity contribution in [2.24, 2.45) is 0 Å². The monoisotopic (exact) mass is 355 g/mol. The molecule has 2 aromatic rings. The van der Waals surface area contributed by atoms with Gasteiger partial charge in [-0.2, -0.15) is 0 Å². The van der Waals surface area contributed by atoms with Crippen molar-refractivity contribution in [1.82, 2.24) is 4.57 Å². The van der Waals surface area contributed by atoms with Crippen LogP contribution in [0, 0.1) is 5.82 Å². The first-order valence-electron chi connectivity index (χ1n) is 7.99. The van der Waals surface area contributed by atoms with Crippen molar-refractivity contribution in [2.75, 3.05) is 0 Å². The van der Waals surface area contributed by atoms with Crippen molar-refractivity contribution in [3.8, 4) is 17.3 Å². The Bertz CT molecular complexity index is 806. The van der Waals surface area contributed by atoms with Crippen LogP contribution in [-0.2, 0) is 0 Å². The Labute approximate surface area is 143 Å². The van der Waals surface area contributed by atoms with Crippen molar-refractivity contribution < 1.29 is 18.7 Å². The molecule has 1 N–H and O–H groups in total. The second-order valence-corrected chi connectivity index (χ2v) is 6.68. The Hall–Kier alpha value is -1.95. The third-order valence-electron chi connectivity index (χ3n) is 4.14. The van der Waals surface area contributed by atoms with E-state index in [1.54, 1.807) is 13.8 Å². The number of oxazole rings is 1. The summed E-state index contributed by atoms with van der Waals surface area (Å²) in [5.41, 5.74) is -0.148. The Morgan fingerprint density at radius 2 is 2.04 bits per heavy atom. The minimum Gasteiger partial charge on any atom is -0.492 e. The van der Waals surface area contributed by atoms with Crippen molar-refractivity contribution >= 4 is 11.6 Å². The molecule has 0 unspecified atom stereocenters. The molecule has 0 spiro atoms. The number of aromatic hydroxyl groups is 1. The maximum absolute atomic E-state index is 14.3. The molecule has 1 heterocycles. The van der Waals surface area contributed by atoms with Crippen LogP contribution in [0.2, 0.25) is 5.02 Å². The number of hydrogen-bond donors (Lipinski definition) is 1. The third kappa shape index (κ3) is 3.02. The summed E-state index contributed by atoms with van der Waals surface area (Å²) < 4.78 is 25.9. The minimum absolute atomic E-state index is 0.0132. The summed E-state index contributed by atoms with van der Waals surface area (Å²) in [5, 5.41) is 10.5. The van der Waals surface area contributed by atoms with Crippen LogP contribution in [0.25, 0.3) is 5.69 Å². The number of ether oxygens (including phenoxy) is 1. The molecule has 24 heavy (non-hydrogen) atoms. The lowest BCUT2D eigenvalue weighted by molar-refractivity contribution is 0.242. The van der Waals surface area contributed by atoms with Gasteiger partial charge in [-0.15, -0.1) is 0 Å². The summed E-state index contributed by atoms with van der Waals surface area (Å²) in [7, 11) is 0. The standard InChI is InChI=1S/C17H19ClFNO4/c1-9(2)23-14-8-13(12(19)7-11(14)18)20-16(21)15(24-17(20)22)10-5-3-4-6-10/h7-10,21H,3-6H2,1-2H3. The number of rotatable bonds is 4. The van der Waals surface area contributed by atoms with Crippen LogP contribution in [0.4, 0.5) is 4.39 Å². The highest BCUT2D eigenvalue weighted by Crippen LogP contribution is 2.39. The van der Waals surface area contributed by atoms with E-state index in [2.05, 4.69) is 0 Å². The van der Waals surface area contributed by atoms with Gasteiger partial charge in [0.05, 0.1) is 16.8 Å². The fraction of sp³-hybridized carbons (Fsp3) is 0.471. The highest BCUT2D eigenvalue weighted by Gasteiger charge is 2.29. The largest absolute Gasteiger partial charge is 0.492 e. The lowest BCUT2D eigenvalue weighted by atomic mass is 10.1. The van der Waals surface area contributed by atoms with Crippen LogP contribution >= 0.6 is 11.6 Å². The molecule has 0 atom stereocenters.